The topological polar surface area (TPSA) is 68.7 Å². The monoisotopic (exact) mass is 312 g/mol. The fourth-order valence-electron chi connectivity index (χ4n) is 2.12. The van der Waals surface area contributed by atoms with Gasteiger partial charge in [0.2, 0.25) is 8.03 Å². The van der Waals surface area contributed by atoms with Gasteiger partial charge in [0.15, 0.2) is 0 Å². The Kier molecular flexibility index (Phi) is 4.69. The smallest absolute Gasteiger partial charge is 0.410 e. The van der Waals surface area contributed by atoms with Crippen LogP contribution in [0.2, 0.25) is 0 Å². The molecule has 1 atom stereocenters. The van der Waals surface area contributed by atoms with Crippen molar-refractivity contribution in [3.05, 3.63) is 23.4 Å². The van der Waals surface area contributed by atoms with Gasteiger partial charge in [-0.15, -0.1) is 0 Å². The highest BCUT2D eigenvalue weighted by molar-refractivity contribution is 7.48. The zero-order valence-electron chi connectivity index (χ0n) is 12.8. The summed E-state index contributed by atoms with van der Waals surface area (Å²) in [5, 5.41) is 0. The molecule has 1 aliphatic rings. The third kappa shape index (κ3) is 4.05. The van der Waals surface area contributed by atoms with E-state index in [9.17, 15) is 9.36 Å². The third-order valence-corrected chi connectivity index (χ3v) is 4.16. The molecule has 1 aromatic heterocycles. The number of amides is 1. The van der Waals surface area contributed by atoms with E-state index in [1.807, 2.05) is 26.8 Å². The Labute approximate surface area is 125 Å². The van der Waals surface area contributed by atoms with Crippen LogP contribution in [-0.2, 0) is 26.8 Å². The Hall–Kier alpha value is -1.39. The van der Waals surface area contributed by atoms with Crippen LogP contribution in [0.4, 0.5) is 4.79 Å². The van der Waals surface area contributed by atoms with Gasteiger partial charge in [0, 0.05) is 25.8 Å². The first kappa shape index (κ1) is 16.0. The second kappa shape index (κ2) is 6.16. The minimum absolute atomic E-state index is 0.317. The Morgan fingerprint density at radius 1 is 1.38 bits per heavy atom. The van der Waals surface area contributed by atoms with E-state index in [4.69, 9.17) is 9.26 Å². The zero-order chi connectivity index (χ0) is 15.6. The minimum Gasteiger partial charge on any atom is -0.444 e. The van der Waals surface area contributed by atoms with E-state index in [1.54, 1.807) is 11.0 Å². The van der Waals surface area contributed by atoms with Crippen LogP contribution >= 0.6 is 8.03 Å². The van der Waals surface area contributed by atoms with Gasteiger partial charge in [0.25, 0.3) is 0 Å². The van der Waals surface area contributed by atoms with E-state index >= 15 is 0 Å². The maximum Gasteiger partial charge on any atom is 0.410 e. The second-order valence-corrected chi connectivity index (χ2v) is 7.44. The molecule has 0 bridgehead atoms. The van der Waals surface area contributed by atoms with E-state index in [0.29, 0.717) is 24.9 Å². The molecule has 0 radical (unpaired) electrons. The summed E-state index contributed by atoms with van der Waals surface area (Å²) in [6, 6.07) is 3.55. The SMILES string of the molecule is CO[PH](=O)c1ccc2c(n1)CCN(C(=O)OC(C)(C)C)C2. The summed E-state index contributed by atoms with van der Waals surface area (Å²) in [6.07, 6.45) is 0.309. The van der Waals surface area contributed by atoms with Gasteiger partial charge in [0.1, 0.15) is 11.0 Å². The van der Waals surface area contributed by atoms with Gasteiger partial charge in [-0.2, -0.15) is 0 Å². The Bertz CT molecular complexity index is 569. The number of hydrogen-bond donors (Lipinski definition) is 0. The first-order chi connectivity index (χ1) is 9.80. The van der Waals surface area contributed by atoms with Crippen molar-refractivity contribution in [1.29, 1.82) is 0 Å². The van der Waals surface area contributed by atoms with Gasteiger partial charge in [0.05, 0.1) is 6.54 Å². The predicted molar refractivity (Wildman–Crippen MR) is 80.2 cm³/mol. The number of aromatic nitrogens is 1. The number of rotatable bonds is 2. The summed E-state index contributed by atoms with van der Waals surface area (Å²) in [4.78, 5) is 18.1. The number of ether oxygens (including phenoxy) is 1. The zero-order valence-corrected chi connectivity index (χ0v) is 13.8. The van der Waals surface area contributed by atoms with Crippen LogP contribution in [0.3, 0.4) is 0 Å². The lowest BCUT2D eigenvalue weighted by molar-refractivity contribution is 0.0223. The van der Waals surface area contributed by atoms with E-state index < -0.39 is 13.6 Å². The number of pyridine rings is 1. The third-order valence-electron chi connectivity index (χ3n) is 3.09. The van der Waals surface area contributed by atoms with Crippen molar-refractivity contribution in [2.75, 3.05) is 13.7 Å². The number of carbonyl (C=O) groups excluding carboxylic acids is 1. The molecule has 116 valence electrons. The van der Waals surface area contributed by atoms with Gasteiger partial charge in [-0.3, -0.25) is 4.57 Å². The second-order valence-electron chi connectivity index (χ2n) is 5.95. The number of hydrogen-bond acceptors (Lipinski definition) is 5. The van der Waals surface area contributed by atoms with E-state index in [2.05, 4.69) is 4.98 Å². The summed E-state index contributed by atoms with van der Waals surface area (Å²) in [5.41, 5.74) is 1.81. The largest absolute Gasteiger partial charge is 0.444 e. The molecular weight excluding hydrogens is 291 g/mol. The molecular formula is C14H21N2O4P. The van der Waals surface area contributed by atoms with Crippen molar-refractivity contribution < 1.29 is 18.6 Å². The van der Waals surface area contributed by atoms with Crippen LogP contribution in [0, 0.1) is 0 Å². The summed E-state index contributed by atoms with van der Waals surface area (Å²) in [7, 11) is -0.849. The normalized spacial score (nSPS) is 16.3. The summed E-state index contributed by atoms with van der Waals surface area (Å²) < 4.78 is 21.9. The molecule has 21 heavy (non-hydrogen) atoms. The highest BCUT2D eigenvalue weighted by atomic mass is 31.1. The maximum atomic E-state index is 12.1. The lowest BCUT2D eigenvalue weighted by Gasteiger charge is -2.30. The molecule has 1 aromatic rings. The Balaban J connectivity index is 2.11. The molecule has 7 heteroatoms. The highest BCUT2D eigenvalue weighted by Gasteiger charge is 2.26. The lowest BCUT2D eigenvalue weighted by Crippen LogP contribution is -2.40. The fraction of sp³-hybridized carbons (Fsp3) is 0.571. The molecule has 2 rings (SSSR count). The van der Waals surface area contributed by atoms with Crippen molar-refractivity contribution >= 4 is 19.6 Å². The van der Waals surface area contributed by atoms with Gasteiger partial charge in [-0.25, -0.2) is 9.78 Å². The van der Waals surface area contributed by atoms with E-state index in [-0.39, 0.29) is 6.09 Å². The van der Waals surface area contributed by atoms with Crippen LogP contribution in [0.25, 0.3) is 0 Å². The van der Waals surface area contributed by atoms with Crippen molar-refractivity contribution in [3.8, 4) is 0 Å². The van der Waals surface area contributed by atoms with Crippen LogP contribution in [0.15, 0.2) is 12.1 Å². The molecule has 6 nitrogen and oxygen atoms in total. The quantitative estimate of drug-likeness (QED) is 0.782. The average molecular weight is 312 g/mol. The molecule has 0 aromatic carbocycles. The number of fused-ring (bicyclic) bond motifs is 1. The number of nitrogens with zero attached hydrogens (tertiary/aromatic N) is 2. The lowest BCUT2D eigenvalue weighted by atomic mass is 10.1. The molecule has 0 spiro atoms. The summed E-state index contributed by atoms with van der Waals surface area (Å²) >= 11 is 0. The minimum atomic E-state index is -2.26. The molecule has 2 heterocycles. The predicted octanol–water partition coefficient (Wildman–Crippen LogP) is 2.12. The van der Waals surface area contributed by atoms with Crippen molar-refractivity contribution in [2.45, 2.75) is 39.3 Å². The van der Waals surface area contributed by atoms with Gasteiger partial charge in [-0.1, -0.05) is 6.07 Å². The standard InChI is InChI=1S/C14H21N2O4P/c1-14(2,3)20-13(17)16-8-7-11-10(9-16)5-6-12(15-11)21(18)19-4/h5-6,21H,7-9H2,1-4H3. The molecule has 0 saturated heterocycles. The molecule has 0 saturated carbocycles. The van der Waals surface area contributed by atoms with Crippen LogP contribution < -0.4 is 5.44 Å². The Morgan fingerprint density at radius 3 is 2.71 bits per heavy atom. The van der Waals surface area contributed by atoms with Crippen LogP contribution in [0.1, 0.15) is 32.0 Å². The van der Waals surface area contributed by atoms with Gasteiger partial charge < -0.3 is 14.2 Å². The maximum absolute atomic E-state index is 12.1. The molecule has 0 aliphatic carbocycles. The highest BCUT2D eigenvalue weighted by Crippen LogP contribution is 2.23. The van der Waals surface area contributed by atoms with E-state index in [0.717, 1.165) is 11.3 Å². The first-order valence-corrected chi connectivity index (χ1v) is 8.17. The number of carbonyl (C=O) groups is 1. The van der Waals surface area contributed by atoms with Crippen LogP contribution in [-0.4, -0.2) is 35.2 Å². The van der Waals surface area contributed by atoms with Crippen molar-refractivity contribution in [2.24, 2.45) is 0 Å². The van der Waals surface area contributed by atoms with Crippen LogP contribution in [0.5, 0.6) is 0 Å². The first-order valence-electron chi connectivity index (χ1n) is 6.85. The summed E-state index contributed by atoms with van der Waals surface area (Å²) in [5.74, 6) is 0. The van der Waals surface area contributed by atoms with Gasteiger partial charge >= 0.3 is 6.09 Å². The van der Waals surface area contributed by atoms with Gasteiger partial charge in [-0.05, 0) is 32.4 Å². The summed E-state index contributed by atoms with van der Waals surface area (Å²) in [6.45, 7) is 6.55. The molecule has 0 fully saturated rings. The van der Waals surface area contributed by atoms with Crippen molar-refractivity contribution in [3.63, 3.8) is 0 Å². The average Bonchev–Trinajstić information content (AvgIpc) is 2.43. The molecule has 1 aliphatic heterocycles. The molecule has 1 unspecified atom stereocenters. The molecule has 0 N–H and O–H groups in total. The molecule has 1 amide bonds. The Morgan fingerprint density at radius 2 is 2.10 bits per heavy atom. The van der Waals surface area contributed by atoms with E-state index in [1.165, 1.54) is 7.11 Å². The fourth-order valence-corrected chi connectivity index (χ4v) is 2.77. The van der Waals surface area contributed by atoms with Crippen molar-refractivity contribution in [1.82, 2.24) is 9.88 Å².